The summed E-state index contributed by atoms with van der Waals surface area (Å²) in [7, 11) is -3.64. The van der Waals surface area contributed by atoms with Gasteiger partial charge < -0.3 is 14.7 Å². The first-order valence-corrected chi connectivity index (χ1v) is 13.7. The van der Waals surface area contributed by atoms with Crippen LogP contribution in [0.5, 0.6) is 0 Å². The second-order valence-corrected chi connectivity index (χ2v) is 11.7. The first kappa shape index (κ1) is 23.8. The molecule has 186 valence electrons. The number of para-hydroxylation sites is 1. The quantitative estimate of drug-likeness (QED) is 0.635. The van der Waals surface area contributed by atoms with E-state index in [1.807, 2.05) is 42.2 Å². The lowest BCUT2D eigenvalue weighted by atomic mass is 9.86. The molecule has 1 spiro atoms. The monoisotopic (exact) mass is 496 g/mol. The van der Waals surface area contributed by atoms with Crippen molar-refractivity contribution in [3.05, 3.63) is 60.2 Å². The van der Waals surface area contributed by atoms with Crippen LogP contribution in [0.2, 0.25) is 0 Å². The van der Waals surface area contributed by atoms with Crippen LogP contribution in [0.15, 0.2) is 59.5 Å². The Labute approximate surface area is 207 Å². The van der Waals surface area contributed by atoms with Gasteiger partial charge in [0.25, 0.3) is 0 Å². The Kier molecular flexibility index (Phi) is 6.31. The third kappa shape index (κ3) is 4.31. The van der Waals surface area contributed by atoms with E-state index in [1.165, 1.54) is 4.31 Å². The maximum atomic E-state index is 13.8. The number of hydrogen-bond donors (Lipinski definition) is 0. The SMILES string of the molecule is Cc1ccc(S(=O)(=O)N2CCC3(CC2)C(=O)N(CC(=O)N2CCCC2)CN3c2ccccc2)cc1. The molecule has 0 saturated carbocycles. The fourth-order valence-corrected chi connectivity index (χ4v) is 6.95. The Bertz CT molecular complexity index is 1190. The third-order valence-electron chi connectivity index (χ3n) is 7.58. The lowest BCUT2D eigenvalue weighted by molar-refractivity contribution is -0.140. The molecule has 2 amide bonds. The molecule has 3 saturated heterocycles. The second-order valence-electron chi connectivity index (χ2n) is 9.74. The van der Waals surface area contributed by atoms with E-state index in [9.17, 15) is 18.0 Å². The number of hydrogen-bond acceptors (Lipinski definition) is 5. The molecule has 0 bridgehead atoms. The van der Waals surface area contributed by atoms with Crippen molar-refractivity contribution in [3.8, 4) is 0 Å². The van der Waals surface area contributed by atoms with Crippen LogP contribution in [0.3, 0.4) is 0 Å². The summed E-state index contributed by atoms with van der Waals surface area (Å²) in [6, 6.07) is 16.6. The molecule has 0 atom stereocenters. The zero-order valence-electron chi connectivity index (χ0n) is 20.1. The van der Waals surface area contributed by atoms with Gasteiger partial charge in [-0.2, -0.15) is 4.31 Å². The van der Waals surface area contributed by atoms with Gasteiger partial charge in [0.2, 0.25) is 21.8 Å². The van der Waals surface area contributed by atoms with Crippen molar-refractivity contribution < 1.29 is 18.0 Å². The van der Waals surface area contributed by atoms with Gasteiger partial charge >= 0.3 is 0 Å². The van der Waals surface area contributed by atoms with Gasteiger partial charge in [-0.15, -0.1) is 0 Å². The molecule has 0 unspecified atom stereocenters. The first-order chi connectivity index (χ1) is 16.8. The summed E-state index contributed by atoms with van der Waals surface area (Å²) in [6.45, 7) is 4.31. The predicted octanol–water partition coefficient (Wildman–Crippen LogP) is 2.45. The van der Waals surface area contributed by atoms with Crippen LogP contribution in [0.25, 0.3) is 0 Å². The molecule has 9 heteroatoms. The van der Waals surface area contributed by atoms with E-state index in [-0.39, 0.29) is 36.3 Å². The van der Waals surface area contributed by atoms with E-state index in [2.05, 4.69) is 4.90 Å². The normalized spacial score (nSPS) is 20.7. The summed E-state index contributed by atoms with van der Waals surface area (Å²) >= 11 is 0. The molecular weight excluding hydrogens is 464 g/mol. The Morgan fingerprint density at radius 1 is 0.914 bits per heavy atom. The van der Waals surface area contributed by atoms with Gasteiger partial charge in [-0.3, -0.25) is 9.59 Å². The number of carbonyl (C=O) groups is 2. The standard InChI is InChI=1S/C26H32N4O4S/c1-21-9-11-23(12-10-21)35(33,34)29-17-13-26(14-18-29)25(32)28(19-24(31)27-15-5-6-16-27)20-30(26)22-7-3-2-4-8-22/h2-4,7-12H,5-6,13-20H2,1H3. The van der Waals surface area contributed by atoms with Crippen molar-refractivity contribution in [2.24, 2.45) is 0 Å². The van der Waals surface area contributed by atoms with Crippen LogP contribution < -0.4 is 4.90 Å². The van der Waals surface area contributed by atoms with Gasteiger partial charge in [0.15, 0.2) is 0 Å². The first-order valence-electron chi connectivity index (χ1n) is 12.3. The number of carbonyl (C=O) groups excluding carboxylic acids is 2. The van der Waals surface area contributed by atoms with E-state index < -0.39 is 15.6 Å². The topological polar surface area (TPSA) is 81.2 Å². The highest BCUT2D eigenvalue weighted by atomic mass is 32.2. The molecular formula is C26H32N4O4S. The van der Waals surface area contributed by atoms with E-state index >= 15 is 0 Å². The number of sulfonamides is 1. The van der Waals surface area contributed by atoms with E-state index in [0.29, 0.717) is 19.5 Å². The molecule has 5 rings (SSSR count). The van der Waals surface area contributed by atoms with Crippen molar-refractivity contribution in [3.63, 3.8) is 0 Å². The van der Waals surface area contributed by atoms with E-state index in [0.717, 1.165) is 37.2 Å². The smallest absolute Gasteiger partial charge is 0.250 e. The van der Waals surface area contributed by atoms with Crippen LogP contribution in [-0.4, -0.2) is 79.3 Å². The van der Waals surface area contributed by atoms with Gasteiger partial charge in [0.05, 0.1) is 11.6 Å². The minimum atomic E-state index is -3.64. The number of rotatable bonds is 5. The van der Waals surface area contributed by atoms with Gasteiger partial charge in [0.1, 0.15) is 12.1 Å². The number of aryl methyl sites for hydroxylation is 1. The average molecular weight is 497 g/mol. The Hall–Kier alpha value is -2.91. The number of piperidine rings is 1. The summed E-state index contributed by atoms with van der Waals surface area (Å²) in [5.41, 5.74) is 1.05. The highest BCUT2D eigenvalue weighted by Crippen LogP contribution is 2.40. The van der Waals surface area contributed by atoms with Crippen LogP contribution in [0.4, 0.5) is 5.69 Å². The molecule has 0 aromatic heterocycles. The lowest BCUT2D eigenvalue weighted by Crippen LogP contribution is -2.57. The maximum absolute atomic E-state index is 13.8. The number of anilines is 1. The van der Waals surface area contributed by atoms with Crippen LogP contribution in [0.1, 0.15) is 31.2 Å². The molecule has 0 aliphatic carbocycles. The van der Waals surface area contributed by atoms with Crippen molar-refractivity contribution >= 4 is 27.5 Å². The van der Waals surface area contributed by atoms with Gasteiger partial charge in [-0.05, 0) is 56.9 Å². The lowest BCUT2D eigenvalue weighted by Gasteiger charge is -2.42. The van der Waals surface area contributed by atoms with Gasteiger partial charge in [-0.1, -0.05) is 35.9 Å². The van der Waals surface area contributed by atoms with Gasteiger partial charge in [0, 0.05) is 31.9 Å². The van der Waals surface area contributed by atoms with Crippen molar-refractivity contribution in [2.45, 2.75) is 43.0 Å². The number of amides is 2. The molecule has 8 nitrogen and oxygen atoms in total. The fraction of sp³-hybridized carbons (Fsp3) is 0.462. The van der Waals surface area contributed by atoms with Crippen molar-refractivity contribution in [2.75, 3.05) is 44.3 Å². The van der Waals surface area contributed by atoms with Crippen molar-refractivity contribution in [1.29, 1.82) is 0 Å². The molecule has 2 aromatic rings. The molecule has 3 fully saturated rings. The van der Waals surface area contributed by atoms with Crippen LogP contribution in [-0.2, 0) is 19.6 Å². The Morgan fingerprint density at radius 2 is 1.54 bits per heavy atom. The Balaban J connectivity index is 1.38. The van der Waals surface area contributed by atoms with Crippen LogP contribution in [0, 0.1) is 6.92 Å². The van der Waals surface area contributed by atoms with E-state index in [1.54, 1.807) is 29.2 Å². The average Bonchev–Trinajstić information content (AvgIpc) is 3.49. The molecule has 35 heavy (non-hydrogen) atoms. The fourth-order valence-electron chi connectivity index (χ4n) is 5.51. The molecule has 3 aliphatic heterocycles. The Morgan fingerprint density at radius 3 is 2.17 bits per heavy atom. The molecule has 3 aliphatic rings. The van der Waals surface area contributed by atoms with Gasteiger partial charge in [-0.25, -0.2) is 8.42 Å². The summed E-state index contributed by atoms with van der Waals surface area (Å²) in [5, 5.41) is 0. The second kappa shape index (κ2) is 9.28. The summed E-state index contributed by atoms with van der Waals surface area (Å²) in [4.78, 5) is 32.5. The maximum Gasteiger partial charge on any atom is 0.250 e. The summed E-state index contributed by atoms with van der Waals surface area (Å²) < 4.78 is 28.0. The minimum Gasteiger partial charge on any atom is -0.341 e. The zero-order valence-corrected chi connectivity index (χ0v) is 20.9. The third-order valence-corrected chi connectivity index (χ3v) is 9.49. The highest BCUT2D eigenvalue weighted by molar-refractivity contribution is 7.89. The summed E-state index contributed by atoms with van der Waals surface area (Å²) in [6.07, 6.45) is 2.76. The number of nitrogens with zero attached hydrogens (tertiary/aromatic N) is 4. The minimum absolute atomic E-state index is 0.0136. The number of likely N-dealkylation sites (tertiary alicyclic amines) is 1. The molecule has 0 N–H and O–H groups in total. The highest BCUT2D eigenvalue weighted by Gasteiger charge is 2.55. The summed E-state index contributed by atoms with van der Waals surface area (Å²) in [5.74, 6) is -0.0958. The zero-order chi connectivity index (χ0) is 24.6. The predicted molar refractivity (Wildman–Crippen MR) is 133 cm³/mol. The molecule has 2 aromatic carbocycles. The largest absolute Gasteiger partial charge is 0.341 e. The van der Waals surface area contributed by atoms with E-state index in [4.69, 9.17) is 0 Å². The molecule has 0 radical (unpaired) electrons. The van der Waals surface area contributed by atoms with Crippen LogP contribution >= 0.6 is 0 Å². The van der Waals surface area contributed by atoms with Crippen molar-refractivity contribution in [1.82, 2.24) is 14.1 Å². The molecule has 3 heterocycles. The number of benzene rings is 2.